The first kappa shape index (κ1) is 21.1. The lowest BCUT2D eigenvalue weighted by molar-refractivity contribution is 0.0698. The van der Waals surface area contributed by atoms with Gasteiger partial charge in [-0.15, -0.1) is 0 Å². The van der Waals surface area contributed by atoms with Gasteiger partial charge in [-0.2, -0.15) is 0 Å². The Balaban J connectivity index is 1.91. The first-order chi connectivity index (χ1) is 14.2. The highest BCUT2D eigenvalue weighted by molar-refractivity contribution is 7.92. The molecule has 1 amide bonds. The molecule has 0 aliphatic rings. The molecule has 154 valence electrons. The minimum atomic E-state index is -3.94. The van der Waals surface area contributed by atoms with E-state index in [2.05, 4.69) is 10.0 Å². The molecule has 0 aromatic heterocycles. The summed E-state index contributed by atoms with van der Waals surface area (Å²) < 4.78 is 28.3. The second kappa shape index (κ2) is 8.38. The SMILES string of the molecule is Cc1cccc(NS(=O)(=O)c2cc(C(=O)Nc3ccccc3C(=O)O)ccc2C)c1. The summed E-state index contributed by atoms with van der Waals surface area (Å²) in [6.07, 6.45) is 0. The molecule has 0 fully saturated rings. The average molecular weight is 424 g/mol. The zero-order valence-corrected chi connectivity index (χ0v) is 17.2. The van der Waals surface area contributed by atoms with Crippen molar-refractivity contribution >= 4 is 33.3 Å². The predicted octanol–water partition coefficient (Wildman–Crippen LogP) is 4.05. The van der Waals surface area contributed by atoms with Gasteiger partial charge in [0.25, 0.3) is 15.9 Å². The Hall–Kier alpha value is -3.65. The van der Waals surface area contributed by atoms with Gasteiger partial charge in [-0.3, -0.25) is 9.52 Å². The number of para-hydroxylation sites is 1. The predicted molar refractivity (Wildman–Crippen MR) is 115 cm³/mol. The number of carbonyl (C=O) groups excluding carboxylic acids is 1. The van der Waals surface area contributed by atoms with Crippen LogP contribution in [0.25, 0.3) is 0 Å². The molecule has 7 nitrogen and oxygen atoms in total. The Kier molecular flexibility index (Phi) is 5.89. The van der Waals surface area contributed by atoms with E-state index < -0.39 is 21.9 Å². The molecule has 0 spiro atoms. The molecule has 0 aliphatic carbocycles. The molecule has 0 unspecified atom stereocenters. The van der Waals surface area contributed by atoms with Gasteiger partial charge in [-0.05, 0) is 61.4 Å². The van der Waals surface area contributed by atoms with E-state index in [1.54, 1.807) is 37.3 Å². The van der Waals surface area contributed by atoms with Crippen LogP contribution in [0.3, 0.4) is 0 Å². The van der Waals surface area contributed by atoms with Gasteiger partial charge in [0, 0.05) is 11.3 Å². The van der Waals surface area contributed by atoms with Crippen LogP contribution in [0.1, 0.15) is 31.8 Å². The van der Waals surface area contributed by atoms with Crippen molar-refractivity contribution in [2.45, 2.75) is 18.7 Å². The van der Waals surface area contributed by atoms with Gasteiger partial charge in [0.1, 0.15) is 0 Å². The fourth-order valence-corrected chi connectivity index (χ4v) is 4.24. The molecule has 3 aromatic rings. The number of sulfonamides is 1. The zero-order valence-electron chi connectivity index (χ0n) is 16.3. The summed E-state index contributed by atoms with van der Waals surface area (Å²) in [7, 11) is -3.94. The number of nitrogens with one attached hydrogen (secondary N) is 2. The molecule has 0 heterocycles. The smallest absolute Gasteiger partial charge is 0.337 e. The Labute approximate surface area is 174 Å². The second-order valence-electron chi connectivity index (χ2n) is 6.76. The van der Waals surface area contributed by atoms with E-state index in [1.165, 1.54) is 30.3 Å². The molecular formula is C22H20N2O5S. The number of aryl methyl sites for hydroxylation is 2. The molecule has 0 radical (unpaired) electrons. The maximum absolute atomic E-state index is 12.9. The van der Waals surface area contributed by atoms with Crippen molar-refractivity contribution in [1.82, 2.24) is 0 Å². The maximum atomic E-state index is 12.9. The van der Waals surface area contributed by atoms with Crippen LogP contribution in [-0.4, -0.2) is 25.4 Å². The minimum Gasteiger partial charge on any atom is -0.478 e. The Morgan fingerprint density at radius 3 is 2.33 bits per heavy atom. The first-order valence-corrected chi connectivity index (χ1v) is 10.5. The number of amides is 1. The lowest BCUT2D eigenvalue weighted by Gasteiger charge is -2.13. The second-order valence-corrected chi connectivity index (χ2v) is 8.41. The van der Waals surface area contributed by atoms with Crippen molar-refractivity contribution in [3.05, 3.63) is 89.0 Å². The van der Waals surface area contributed by atoms with Crippen molar-refractivity contribution < 1.29 is 23.1 Å². The molecule has 0 saturated carbocycles. The third-order valence-electron chi connectivity index (χ3n) is 4.42. The molecular weight excluding hydrogens is 404 g/mol. The number of hydrogen-bond acceptors (Lipinski definition) is 4. The highest BCUT2D eigenvalue weighted by Crippen LogP contribution is 2.23. The number of rotatable bonds is 6. The van der Waals surface area contributed by atoms with E-state index in [0.29, 0.717) is 11.3 Å². The van der Waals surface area contributed by atoms with Gasteiger partial charge < -0.3 is 10.4 Å². The molecule has 3 N–H and O–H groups in total. The van der Waals surface area contributed by atoms with Crippen LogP contribution in [0.15, 0.2) is 71.6 Å². The zero-order chi connectivity index (χ0) is 21.9. The van der Waals surface area contributed by atoms with E-state index in [1.807, 2.05) is 13.0 Å². The number of aromatic carboxylic acids is 1. The summed E-state index contributed by atoms with van der Waals surface area (Å²) in [5.74, 6) is -1.80. The van der Waals surface area contributed by atoms with Crippen LogP contribution in [-0.2, 0) is 10.0 Å². The van der Waals surface area contributed by atoms with Crippen LogP contribution >= 0.6 is 0 Å². The lowest BCUT2D eigenvalue weighted by Crippen LogP contribution is -2.18. The lowest BCUT2D eigenvalue weighted by atomic mass is 10.1. The molecule has 30 heavy (non-hydrogen) atoms. The normalized spacial score (nSPS) is 11.0. The third kappa shape index (κ3) is 4.66. The summed E-state index contributed by atoms with van der Waals surface area (Å²) in [6, 6.07) is 17.2. The van der Waals surface area contributed by atoms with Gasteiger partial charge in [0.15, 0.2) is 0 Å². The van der Waals surface area contributed by atoms with E-state index in [4.69, 9.17) is 0 Å². The average Bonchev–Trinajstić information content (AvgIpc) is 2.68. The van der Waals surface area contributed by atoms with Crippen LogP contribution < -0.4 is 10.0 Å². The summed E-state index contributed by atoms with van der Waals surface area (Å²) in [4.78, 5) is 24.0. The first-order valence-electron chi connectivity index (χ1n) is 9.01. The van der Waals surface area contributed by atoms with Crippen LogP contribution in [0, 0.1) is 13.8 Å². The number of carboxylic acid groups (broad SMARTS) is 1. The summed E-state index contributed by atoms with van der Waals surface area (Å²) in [5, 5.41) is 11.8. The van der Waals surface area contributed by atoms with Gasteiger partial charge in [0.2, 0.25) is 0 Å². The molecule has 0 saturated heterocycles. The Bertz CT molecular complexity index is 1240. The number of benzene rings is 3. The monoisotopic (exact) mass is 424 g/mol. The minimum absolute atomic E-state index is 0.0387. The number of carboxylic acids is 1. The number of carbonyl (C=O) groups is 2. The van der Waals surface area contributed by atoms with Crippen LogP contribution in [0.2, 0.25) is 0 Å². The van der Waals surface area contributed by atoms with Gasteiger partial charge >= 0.3 is 5.97 Å². The van der Waals surface area contributed by atoms with E-state index in [9.17, 15) is 23.1 Å². The topological polar surface area (TPSA) is 113 Å². The molecule has 0 aliphatic heterocycles. The number of hydrogen-bond donors (Lipinski definition) is 3. The Morgan fingerprint density at radius 2 is 1.63 bits per heavy atom. The fourth-order valence-electron chi connectivity index (χ4n) is 2.92. The van der Waals surface area contributed by atoms with Crippen molar-refractivity contribution in [1.29, 1.82) is 0 Å². The highest BCUT2D eigenvalue weighted by Gasteiger charge is 2.20. The summed E-state index contributed by atoms with van der Waals surface area (Å²) in [5.41, 5.74) is 1.93. The largest absolute Gasteiger partial charge is 0.478 e. The third-order valence-corrected chi connectivity index (χ3v) is 5.94. The standard InChI is InChI=1S/C22H20N2O5S/c1-14-6-5-7-17(12-14)24-30(28,29)20-13-16(11-10-15(20)2)21(25)23-19-9-4-3-8-18(19)22(26)27/h3-13,24H,1-2H3,(H,23,25)(H,26,27). The highest BCUT2D eigenvalue weighted by atomic mass is 32.2. The molecule has 8 heteroatoms. The maximum Gasteiger partial charge on any atom is 0.337 e. The molecule has 0 atom stereocenters. The van der Waals surface area contributed by atoms with Gasteiger partial charge in [-0.25, -0.2) is 13.2 Å². The van der Waals surface area contributed by atoms with E-state index in [0.717, 1.165) is 5.56 Å². The number of anilines is 2. The van der Waals surface area contributed by atoms with Crippen molar-refractivity contribution in [3.63, 3.8) is 0 Å². The van der Waals surface area contributed by atoms with Crippen molar-refractivity contribution in [3.8, 4) is 0 Å². The van der Waals surface area contributed by atoms with Crippen LogP contribution in [0.4, 0.5) is 11.4 Å². The summed E-state index contributed by atoms with van der Waals surface area (Å²) >= 11 is 0. The van der Waals surface area contributed by atoms with Gasteiger partial charge in [-0.1, -0.05) is 30.3 Å². The fraction of sp³-hybridized carbons (Fsp3) is 0.0909. The van der Waals surface area contributed by atoms with Crippen LogP contribution in [0.5, 0.6) is 0 Å². The Morgan fingerprint density at radius 1 is 0.900 bits per heavy atom. The molecule has 0 bridgehead atoms. The quantitative estimate of drug-likeness (QED) is 0.552. The molecule has 3 rings (SSSR count). The summed E-state index contributed by atoms with van der Waals surface area (Å²) in [6.45, 7) is 3.48. The van der Waals surface area contributed by atoms with E-state index >= 15 is 0 Å². The molecule has 3 aromatic carbocycles. The van der Waals surface area contributed by atoms with Crippen molar-refractivity contribution in [2.24, 2.45) is 0 Å². The van der Waals surface area contributed by atoms with Gasteiger partial charge in [0.05, 0.1) is 16.1 Å². The van der Waals surface area contributed by atoms with Crippen molar-refractivity contribution in [2.75, 3.05) is 10.0 Å². The van der Waals surface area contributed by atoms with E-state index in [-0.39, 0.29) is 21.7 Å².